The number of nitrogens with zero attached hydrogens (tertiary/aromatic N) is 3. The maximum Gasteiger partial charge on any atom is 0.269 e. The molecule has 1 fully saturated rings. The monoisotopic (exact) mass is 356 g/mol. The van der Waals surface area contributed by atoms with Crippen LogP contribution < -0.4 is 5.32 Å². The number of pyridine rings is 1. The smallest absolute Gasteiger partial charge is 0.269 e. The van der Waals surface area contributed by atoms with E-state index in [4.69, 9.17) is 14.6 Å². The van der Waals surface area contributed by atoms with Gasteiger partial charge in [0.1, 0.15) is 11.8 Å². The topological polar surface area (TPSA) is 78.3 Å². The number of nitrogens with one attached hydrogen (secondary N) is 1. The van der Waals surface area contributed by atoms with E-state index in [1.807, 2.05) is 4.68 Å². The average Bonchev–Trinajstić information content (AvgIpc) is 3.10. The molecule has 1 saturated heterocycles. The second-order valence-electron chi connectivity index (χ2n) is 6.85. The Morgan fingerprint density at radius 1 is 1.27 bits per heavy atom. The molecule has 0 aliphatic carbocycles. The zero-order valence-electron chi connectivity index (χ0n) is 14.8. The average molecular weight is 356 g/mol. The zero-order chi connectivity index (χ0) is 17.8. The van der Waals surface area contributed by atoms with Gasteiger partial charge in [-0.3, -0.25) is 14.5 Å². The van der Waals surface area contributed by atoms with Crippen LogP contribution in [-0.4, -0.2) is 47.0 Å². The number of rotatable bonds is 5. The highest BCUT2D eigenvalue weighted by Gasteiger charge is 2.26. The van der Waals surface area contributed by atoms with E-state index in [0.29, 0.717) is 24.8 Å². The fourth-order valence-electron chi connectivity index (χ4n) is 3.55. The van der Waals surface area contributed by atoms with Crippen molar-refractivity contribution in [2.75, 3.05) is 26.4 Å². The lowest BCUT2D eigenvalue weighted by Gasteiger charge is -2.22. The molecule has 2 aliphatic rings. The molecule has 0 bridgehead atoms. The third-order valence-corrected chi connectivity index (χ3v) is 5.00. The highest BCUT2D eigenvalue weighted by atomic mass is 16.5. The van der Waals surface area contributed by atoms with Gasteiger partial charge in [0.05, 0.1) is 12.3 Å². The van der Waals surface area contributed by atoms with Crippen molar-refractivity contribution in [3.63, 3.8) is 0 Å². The molecule has 138 valence electrons. The number of amides is 1. The van der Waals surface area contributed by atoms with E-state index >= 15 is 0 Å². The fraction of sp³-hybridized carbons (Fsp3) is 0.526. The Bertz CT molecular complexity index is 740. The van der Waals surface area contributed by atoms with Crippen LogP contribution in [0.15, 0.2) is 30.6 Å². The van der Waals surface area contributed by atoms with Crippen LogP contribution >= 0.6 is 0 Å². The predicted molar refractivity (Wildman–Crippen MR) is 94.7 cm³/mol. The van der Waals surface area contributed by atoms with Crippen LogP contribution in [-0.2, 0) is 22.4 Å². The third kappa shape index (κ3) is 3.94. The van der Waals surface area contributed by atoms with Gasteiger partial charge >= 0.3 is 0 Å². The molecule has 2 aromatic heterocycles. The number of carbonyl (C=O) groups is 1. The van der Waals surface area contributed by atoms with E-state index in [1.165, 1.54) is 5.56 Å². The third-order valence-electron chi connectivity index (χ3n) is 5.00. The molecule has 26 heavy (non-hydrogen) atoms. The lowest BCUT2D eigenvalue weighted by Crippen LogP contribution is -2.32. The first-order valence-corrected chi connectivity index (χ1v) is 9.24. The lowest BCUT2D eigenvalue weighted by molar-refractivity contribution is 0.0378. The number of hydrogen-bond donors (Lipinski definition) is 1. The highest BCUT2D eigenvalue weighted by Crippen LogP contribution is 2.26. The second kappa shape index (κ2) is 7.97. The van der Waals surface area contributed by atoms with Gasteiger partial charge in [-0.2, -0.15) is 5.10 Å². The molecule has 4 heterocycles. The second-order valence-corrected chi connectivity index (χ2v) is 6.85. The van der Waals surface area contributed by atoms with Gasteiger partial charge < -0.3 is 14.8 Å². The molecule has 1 amide bonds. The van der Waals surface area contributed by atoms with Crippen molar-refractivity contribution in [2.24, 2.45) is 5.92 Å². The Balaban J connectivity index is 1.39. The summed E-state index contributed by atoms with van der Waals surface area (Å²) in [7, 11) is 0. The van der Waals surface area contributed by atoms with Gasteiger partial charge in [-0.15, -0.1) is 0 Å². The Morgan fingerprint density at radius 2 is 2.15 bits per heavy atom. The Hall–Kier alpha value is -2.25. The minimum Gasteiger partial charge on any atom is -0.381 e. The SMILES string of the molecule is O=C(NC[C@@H]1OCCc2cn(CC3CCOCC3)nc21)c1ccccn1. The first-order valence-electron chi connectivity index (χ1n) is 9.24. The molecule has 0 spiro atoms. The molecular formula is C19H24N4O3. The van der Waals surface area contributed by atoms with Gasteiger partial charge in [-0.25, -0.2) is 0 Å². The molecule has 7 nitrogen and oxygen atoms in total. The van der Waals surface area contributed by atoms with Gasteiger partial charge in [0, 0.05) is 38.7 Å². The predicted octanol–water partition coefficient (Wildman–Crippen LogP) is 1.75. The summed E-state index contributed by atoms with van der Waals surface area (Å²) < 4.78 is 13.3. The van der Waals surface area contributed by atoms with Crippen LogP contribution in [0.5, 0.6) is 0 Å². The molecule has 0 radical (unpaired) electrons. The van der Waals surface area contributed by atoms with Crippen LogP contribution in [0, 0.1) is 5.92 Å². The van der Waals surface area contributed by atoms with E-state index in [2.05, 4.69) is 16.5 Å². The molecular weight excluding hydrogens is 332 g/mol. The molecule has 2 aliphatic heterocycles. The lowest BCUT2D eigenvalue weighted by atomic mass is 10.0. The fourth-order valence-corrected chi connectivity index (χ4v) is 3.55. The molecule has 0 unspecified atom stereocenters. The van der Waals surface area contributed by atoms with Crippen LogP contribution in [0.2, 0.25) is 0 Å². The van der Waals surface area contributed by atoms with Crippen LogP contribution in [0.25, 0.3) is 0 Å². The number of aromatic nitrogens is 3. The van der Waals surface area contributed by atoms with E-state index in [9.17, 15) is 4.79 Å². The molecule has 7 heteroatoms. The summed E-state index contributed by atoms with van der Waals surface area (Å²) in [5.74, 6) is 0.427. The zero-order valence-corrected chi connectivity index (χ0v) is 14.8. The highest BCUT2D eigenvalue weighted by molar-refractivity contribution is 5.92. The number of hydrogen-bond acceptors (Lipinski definition) is 5. The normalized spacial score (nSPS) is 20.5. The number of carbonyl (C=O) groups excluding carboxylic acids is 1. The van der Waals surface area contributed by atoms with E-state index in [-0.39, 0.29) is 12.0 Å². The molecule has 0 saturated carbocycles. The summed E-state index contributed by atoms with van der Waals surface area (Å²) in [5, 5.41) is 7.67. The van der Waals surface area contributed by atoms with Crippen LogP contribution in [0.1, 0.15) is 40.7 Å². The maximum absolute atomic E-state index is 12.2. The Kier molecular flexibility index (Phi) is 5.26. The summed E-state index contributed by atoms with van der Waals surface area (Å²) in [5.41, 5.74) is 2.58. The minimum absolute atomic E-state index is 0.192. The van der Waals surface area contributed by atoms with Crippen LogP contribution in [0.4, 0.5) is 0 Å². The minimum atomic E-state index is -0.206. The molecule has 1 N–H and O–H groups in total. The van der Waals surface area contributed by atoms with Gasteiger partial charge in [0.25, 0.3) is 5.91 Å². The van der Waals surface area contributed by atoms with E-state index in [1.54, 1.807) is 24.4 Å². The molecule has 4 rings (SSSR count). The summed E-state index contributed by atoms with van der Waals surface area (Å²) in [6, 6.07) is 5.29. The van der Waals surface area contributed by atoms with Gasteiger partial charge in [-0.1, -0.05) is 6.07 Å². The number of ether oxygens (including phenoxy) is 2. The van der Waals surface area contributed by atoms with Crippen molar-refractivity contribution in [2.45, 2.75) is 31.9 Å². The van der Waals surface area contributed by atoms with Crippen molar-refractivity contribution in [1.82, 2.24) is 20.1 Å². The molecule has 1 atom stereocenters. The molecule has 0 aromatic carbocycles. The number of fused-ring (bicyclic) bond motifs is 1. The van der Waals surface area contributed by atoms with Gasteiger partial charge in [0.15, 0.2) is 0 Å². The molecule has 2 aromatic rings. The van der Waals surface area contributed by atoms with Gasteiger partial charge in [-0.05, 0) is 42.9 Å². The van der Waals surface area contributed by atoms with Crippen LogP contribution in [0.3, 0.4) is 0 Å². The van der Waals surface area contributed by atoms with Gasteiger partial charge in [0.2, 0.25) is 0 Å². The van der Waals surface area contributed by atoms with Crippen molar-refractivity contribution in [3.8, 4) is 0 Å². The summed E-state index contributed by atoms with van der Waals surface area (Å²) in [4.78, 5) is 16.3. The Morgan fingerprint density at radius 3 is 2.96 bits per heavy atom. The largest absolute Gasteiger partial charge is 0.381 e. The van der Waals surface area contributed by atoms with Crippen molar-refractivity contribution in [3.05, 3.63) is 47.5 Å². The first kappa shape index (κ1) is 17.2. The van der Waals surface area contributed by atoms with E-state index < -0.39 is 0 Å². The van der Waals surface area contributed by atoms with Crippen molar-refractivity contribution >= 4 is 5.91 Å². The standard InChI is InChI=1S/C19H24N4O3/c24-19(16-3-1-2-7-20-16)21-11-17-18-15(6-10-26-17)13-23(22-18)12-14-4-8-25-9-5-14/h1-3,7,13-14,17H,4-6,8-12H2,(H,21,24)/t17-/m0/s1. The first-order chi connectivity index (χ1) is 12.8. The summed E-state index contributed by atoms with van der Waals surface area (Å²) in [6.07, 6.45) is 6.59. The summed E-state index contributed by atoms with van der Waals surface area (Å²) in [6.45, 7) is 3.66. The summed E-state index contributed by atoms with van der Waals surface area (Å²) >= 11 is 0. The van der Waals surface area contributed by atoms with E-state index in [0.717, 1.165) is 44.7 Å². The van der Waals surface area contributed by atoms with Crippen molar-refractivity contribution < 1.29 is 14.3 Å². The Labute approximate surface area is 152 Å². The van der Waals surface area contributed by atoms with Crippen molar-refractivity contribution in [1.29, 1.82) is 0 Å². The maximum atomic E-state index is 12.2. The quantitative estimate of drug-likeness (QED) is 0.883.